The van der Waals surface area contributed by atoms with Gasteiger partial charge in [-0.1, -0.05) is 12.1 Å². The number of hydrogen-bond donors (Lipinski definition) is 1. The molecule has 1 N–H and O–H groups in total. The summed E-state index contributed by atoms with van der Waals surface area (Å²) in [6.45, 7) is 3.52. The molecule has 4 aromatic rings. The number of nitrogens with one attached hydrogen (secondary N) is 1. The van der Waals surface area contributed by atoms with Crippen LogP contribution < -0.4 is 14.8 Å². The normalized spacial score (nSPS) is 19.8. The number of fused-ring (bicyclic) bond motifs is 3. The SMILES string of the molecule is CC(=O)O[C@@H]1COc2cc(N[C@@H]3COc4c3cccc4-n3c(C4CCOCC4)nc4ccc(F)cc43)ccc21.[NaH]. The van der Waals surface area contributed by atoms with Gasteiger partial charge in [-0.15, -0.1) is 0 Å². The fourth-order valence-electron chi connectivity index (χ4n) is 5.85. The molecule has 0 aliphatic carbocycles. The summed E-state index contributed by atoms with van der Waals surface area (Å²) in [7, 11) is 0. The van der Waals surface area contributed by atoms with Crippen LogP contribution in [-0.2, 0) is 14.3 Å². The Morgan fingerprint density at radius 2 is 1.90 bits per heavy atom. The average molecular weight is 554 g/mol. The third kappa shape index (κ3) is 4.85. The van der Waals surface area contributed by atoms with Gasteiger partial charge in [-0.05, 0) is 43.2 Å². The van der Waals surface area contributed by atoms with E-state index in [-0.39, 0.29) is 59.4 Å². The zero-order valence-corrected chi connectivity index (χ0v) is 21.5. The van der Waals surface area contributed by atoms with Crippen molar-refractivity contribution in [1.82, 2.24) is 9.55 Å². The molecule has 40 heavy (non-hydrogen) atoms. The third-order valence-electron chi connectivity index (χ3n) is 7.66. The number of aromatic nitrogens is 2. The molecule has 4 heterocycles. The van der Waals surface area contributed by atoms with Gasteiger partial charge in [-0.2, -0.15) is 0 Å². The number of rotatable bonds is 5. The summed E-state index contributed by atoms with van der Waals surface area (Å²) in [5.74, 6) is 1.95. The Labute approximate surface area is 253 Å². The molecule has 0 amide bonds. The van der Waals surface area contributed by atoms with E-state index in [1.807, 2.05) is 30.3 Å². The molecule has 2 atom stereocenters. The summed E-state index contributed by atoms with van der Waals surface area (Å²) in [4.78, 5) is 16.3. The maximum absolute atomic E-state index is 14.4. The Balaban J connectivity index is 0.00000289. The van der Waals surface area contributed by atoms with Crippen molar-refractivity contribution < 1.29 is 28.1 Å². The van der Waals surface area contributed by atoms with Crippen LogP contribution in [0.2, 0.25) is 0 Å². The van der Waals surface area contributed by atoms with Crippen LogP contribution in [0.4, 0.5) is 10.1 Å². The Morgan fingerprint density at radius 3 is 2.73 bits per heavy atom. The van der Waals surface area contributed by atoms with Gasteiger partial charge >= 0.3 is 35.5 Å². The number of halogens is 1. The minimum absolute atomic E-state index is 0. The van der Waals surface area contributed by atoms with E-state index in [0.29, 0.717) is 32.2 Å². The molecular formula is C30H29FN3NaO5. The molecule has 1 saturated heterocycles. The van der Waals surface area contributed by atoms with Crippen LogP contribution in [0, 0.1) is 5.82 Å². The number of imidazole rings is 1. The number of esters is 1. The molecule has 3 aliphatic rings. The average Bonchev–Trinajstić information content (AvgIpc) is 3.64. The number of hydrogen-bond acceptors (Lipinski definition) is 7. The van der Waals surface area contributed by atoms with Crippen molar-refractivity contribution in [1.29, 1.82) is 0 Å². The van der Waals surface area contributed by atoms with E-state index in [0.717, 1.165) is 58.0 Å². The fourth-order valence-corrected chi connectivity index (χ4v) is 5.85. The Morgan fingerprint density at radius 1 is 1.05 bits per heavy atom. The summed E-state index contributed by atoms with van der Waals surface area (Å²) in [6, 6.07) is 16.5. The first kappa shape index (κ1) is 27.1. The van der Waals surface area contributed by atoms with E-state index in [1.54, 1.807) is 12.1 Å². The van der Waals surface area contributed by atoms with Crippen LogP contribution >= 0.6 is 0 Å². The van der Waals surface area contributed by atoms with Crippen LogP contribution in [0.1, 0.15) is 54.8 Å². The second-order valence-electron chi connectivity index (χ2n) is 10.2. The van der Waals surface area contributed by atoms with E-state index < -0.39 is 0 Å². The van der Waals surface area contributed by atoms with Crippen molar-refractivity contribution in [2.24, 2.45) is 0 Å². The number of anilines is 1. The molecule has 0 bridgehead atoms. The van der Waals surface area contributed by atoms with Gasteiger partial charge in [-0.3, -0.25) is 9.36 Å². The molecule has 7 rings (SSSR count). The van der Waals surface area contributed by atoms with Crippen molar-refractivity contribution in [2.45, 2.75) is 37.8 Å². The molecule has 0 radical (unpaired) electrons. The molecule has 3 aromatic carbocycles. The van der Waals surface area contributed by atoms with Gasteiger partial charge in [0.15, 0.2) is 6.10 Å². The van der Waals surface area contributed by atoms with Crippen molar-refractivity contribution in [2.75, 3.05) is 31.7 Å². The number of carbonyl (C=O) groups is 1. The Bertz CT molecular complexity index is 1590. The van der Waals surface area contributed by atoms with Gasteiger partial charge in [0, 0.05) is 55.0 Å². The Hall–Kier alpha value is -3.11. The van der Waals surface area contributed by atoms with Gasteiger partial charge in [0.05, 0.1) is 22.8 Å². The van der Waals surface area contributed by atoms with Gasteiger partial charge in [0.2, 0.25) is 0 Å². The number of ether oxygens (including phenoxy) is 4. The van der Waals surface area contributed by atoms with E-state index in [1.165, 1.54) is 13.0 Å². The minimum atomic E-state index is -0.385. The van der Waals surface area contributed by atoms with Crippen LogP contribution in [0.25, 0.3) is 16.7 Å². The third-order valence-corrected chi connectivity index (χ3v) is 7.66. The van der Waals surface area contributed by atoms with Crippen molar-refractivity contribution in [3.05, 3.63) is 77.4 Å². The molecule has 8 nitrogen and oxygen atoms in total. The van der Waals surface area contributed by atoms with Crippen LogP contribution in [-0.4, -0.2) is 71.5 Å². The zero-order valence-electron chi connectivity index (χ0n) is 21.5. The van der Waals surface area contributed by atoms with Crippen LogP contribution in [0.15, 0.2) is 54.6 Å². The summed E-state index contributed by atoms with van der Waals surface area (Å²) in [5.41, 5.74) is 5.09. The monoisotopic (exact) mass is 553 g/mol. The first-order valence-corrected chi connectivity index (χ1v) is 13.3. The van der Waals surface area contributed by atoms with Gasteiger partial charge in [-0.25, -0.2) is 9.37 Å². The molecule has 0 saturated carbocycles. The number of carbonyl (C=O) groups excluding carboxylic acids is 1. The first-order chi connectivity index (χ1) is 19.0. The standard InChI is InChI=1S/C30H28FN3O5.Na.H/c1-17(35)39-28-16-37-27-14-20(6-7-22(27)28)32-24-15-38-29-21(24)3-2-4-25(29)34-26-13-19(31)5-8-23(26)33-30(34)18-9-11-36-12-10-18;;/h2-8,13-14,18,24,28,32H,9-12,15-16H2,1H3;;/t24-,28-;;/m1../s1. The van der Waals surface area contributed by atoms with E-state index in [2.05, 4.69) is 16.0 Å². The maximum atomic E-state index is 14.4. The first-order valence-electron chi connectivity index (χ1n) is 13.3. The number of benzene rings is 3. The van der Waals surface area contributed by atoms with Gasteiger partial charge < -0.3 is 24.3 Å². The Kier molecular flexibility index (Phi) is 7.48. The molecule has 1 fully saturated rings. The van der Waals surface area contributed by atoms with Crippen molar-refractivity contribution >= 4 is 52.2 Å². The molecule has 10 heteroatoms. The van der Waals surface area contributed by atoms with Gasteiger partial charge in [0.25, 0.3) is 0 Å². The molecular weight excluding hydrogens is 524 g/mol. The molecule has 202 valence electrons. The van der Waals surface area contributed by atoms with Crippen molar-refractivity contribution in [3.8, 4) is 17.2 Å². The number of para-hydroxylation sites is 1. The molecule has 0 spiro atoms. The quantitative estimate of drug-likeness (QED) is 0.277. The van der Waals surface area contributed by atoms with E-state index in [4.69, 9.17) is 23.9 Å². The van der Waals surface area contributed by atoms with E-state index in [9.17, 15) is 9.18 Å². The van der Waals surface area contributed by atoms with Crippen molar-refractivity contribution in [3.63, 3.8) is 0 Å². The molecule has 0 unspecified atom stereocenters. The predicted octanol–water partition coefficient (Wildman–Crippen LogP) is 4.95. The second-order valence-corrected chi connectivity index (χ2v) is 10.2. The summed E-state index contributed by atoms with van der Waals surface area (Å²) >= 11 is 0. The number of nitrogens with zero attached hydrogens (tertiary/aromatic N) is 2. The predicted molar refractivity (Wildman–Crippen MR) is 149 cm³/mol. The van der Waals surface area contributed by atoms with Gasteiger partial charge in [0.1, 0.15) is 36.4 Å². The van der Waals surface area contributed by atoms with Crippen LogP contribution in [0.3, 0.4) is 0 Å². The molecule has 1 aromatic heterocycles. The summed E-state index contributed by atoms with van der Waals surface area (Å²) in [6.07, 6.45) is 1.35. The topological polar surface area (TPSA) is 83.8 Å². The zero-order chi connectivity index (χ0) is 26.5. The van der Waals surface area contributed by atoms with E-state index >= 15 is 0 Å². The summed E-state index contributed by atoms with van der Waals surface area (Å²) < 4.78 is 39.5. The fraction of sp³-hybridized carbons (Fsp3) is 0.333. The second kappa shape index (κ2) is 11.0. The summed E-state index contributed by atoms with van der Waals surface area (Å²) in [5, 5.41) is 3.56. The van der Waals surface area contributed by atoms with Crippen LogP contribution in [0.5, 0.6) is 11.5 Å². The molecule has 3 aliphatic heterocycles.